The smallest absolute Gasteiger partial charge is 0.341 e. The van der Waals surface area contributed by atoms with Gasteiger partial charge in [-0.05, 0) is 57.2 Å². The largest absolute Gasteiger partial charge is 0.462 e. The highest BCUT2D eigenvalue weighted by molar-refractivity contribution is 7.21. The fraction of sp³-hybridized carbons (Fsp3) is 0.296. The minimum Gasteiger partial charge on any atom is -0.462 e. The lowest BCUT2D eigenvalue weighted by atomic mass is 10.1. The molecule has 0 saturated heterocycles. The molecule has 8 heteroatoms. The number of aromatic nitrogens is 1. The number of carbonyl (C=O) groups excluding carboxylic acids is 2. The number of ether oxygens (including phenoxy) is 1. The summed E-state index contributed by atoms with van der Waals surface area (Å²) < 4.78 is 5.34. The summed E-state index contributed by atoms with van der Waals surface area (Å²) in [5.41, 5.74) is 11.3. The van der Waals surface area contributed by atoms with Crippen LogP contribution in [0.1, 0.15) is 62.2 Å². The lowest BCUT2D eigenvalue weighted by molar-refractivity contribution is 0.0527. The number of hydrogen-bond acceptors (Lipinski definition) is 7. The molecule has 1 aliphatic rings. The Morgan fingerprint density at radius 2 is 1.83 bits per heavy atom. The standard InChI is InChI=1S/C27H27N3O3S2/c1-3-33-27(32)21-17-7-5-4-6-8-20(17)34-26(21)30-24(31)23-22(28)18-13-14-19(29-25(18)35-23)16-11-9-15(2)10-12-16/h9-14H,3-8,28H2,1-2H3,(H,30,31). The molecule has 0 unspecified atom stereocenters. The minimum absolute atomic E-state index is 0.287. The lowest BCUT2D eigenvalue weighted by Crippen LogP contribution is -2.15. The number of nitrogens with zero attached hydrogens (tertiary/aromatic N) is 1. The highest BCUT2D eigenvalue weighted by atomic mass is 32.1. The number of nitrogens with one attached hydrogen (secondary N) is 1. The zero-order chi connectivity index (χ0) is 24.5. The number of carbonyl (C=O) groups is 2. The first-order valence-corrected chi connectivity index (χ1v) is 13.5. The fourth-order valence-electron chi connectivity index (χ4n) is 4.46. The van der Waals surface area contributed by atoms with Crippen LogP contribution in [0.5, 0.6) is 0 Å². The Balaban J connectivity index is 1.48. The fourth-order valence-corrected chi connectivity index (χ4v) is 6.72. The van der Waals surface area contributed by atoms with Gasteiger partial charge in [-0.25, -0.2) is 9.78 Å². The van der Waals surface area contributed by atoms with Crippen LogP contribution in [-0.2, 0) is 17.6 Å². The molecular weight excluding hydrogens is 478 g/mol. The number of aryl methyl sites for hydroxylation is 2. The van der Waals surface area contributed by atoms with E-state index in [1.54, 1.807) is 6.92 Å². The number of amides is 1. The van der Waals surface area contributed by atoms with Gasteiger partial charge in [0.15, 0.2) is 0 Å². The van der Waals surface area contributed by atoms with Gasteiger partial charge in [-0.2, -0.15) is 0 Å². The van der Waals surface area contributed by atoms with E-state index in [2.05, 4.69) is 5.32 Å². The number of benzene rings is 1. The van der Waals surface area contributed by atoms with E-state index in [1.807, 2.05) is 43.3 Å². The Morgan fingerprint density at radius 3 is 2.60 bits per heavy atom. The number of thiophene rings is 2. The third-order valence-corrected chi connectivity index (χ3v) is 8.60. The number of anilines is 2. The molecule has 180 valence electrons. The van der Waals surface area contributed by atoms with Crippen LogP contribution in [0.3, 0.4) is 0 Å². The molecule has 4 aromatic rings. The predicted octanol–water partition coefficient (Wildman–Crippen LogP) is 6.61. The minimum atomic E-state index is -0.379. The van der Waals surface area contributed by atoms with Gasteiger partial charge in [0.05, 0.1) is 23.6 Å². The van der Waals surface area contributed by atoms with E-state index < -0.39 is 0 Å². The summed E-state index contributed by atoms with van der Waals surface area (Å²) in [5, 5.41) is 4.28. The summed E-state index contributed by atoms with van der Waals surface area (Å²) in [6.07, 6.45) is 5.00. The van der Waals surface area contributed by atoms with Crippen molar-refractivity contribution in [3.05, 3.63) is 62.8 Å². The zero-order valence-electron chi connectivity index (χ0n) is 19.8. The van der Waals surface area contributed by atoms with Crippen molar-refractivity contribution in [3.63, 3.8) is 0 Å². The highest BCUT2D eigenvalue weighted by Crippen LogP contribution is 2.40. The second-order valence-electron chi connectivity index (χ2n) is 8.70. The molecule has 5 rings (SSSR count). The maximum Gasteiger partial charge on any atom is 0.341 e. The number of fused-ring (bicyclic) bond motifs is 2. The first-order valence-electron chi connectivity index (χ1n) is 11.8. The molecular formula is C27H27N3O3S2. The van der Waals surface area contributed by atoms with Crippen LogP contribution >= 0.6 is 22.7 Å². The summed E-state index contributed by atoms with van der Waals surface area (Å²) in [4.78, 5) is 33.2. The topological polar surface area (TPSA) is 94.3 Å². The van der Waals surface area contributed by atoms with E-state index in [4.69, 9.17) is 15.5 Å². The van der Waals surface area contributed by atoms with Gasteiger partial charge in [-0.15, -0.1) is 22.7 Å². The van der Waals surface area contributed by atoms with Crippen molar-refractivity contribution < 1.29 is 14.3 Å². The second-order valence-corrected chi connectivity index (χ2v) is 10.8. The Labute approximate surface area is 212 Å². The first-order chi connectivity index (χ1) is 17.0. The number of pyridine rings is 1. The maximum absolute atomic E-state index is 13.4. The summed E-state index contributed by atoms with van der Waals surface area (Å²) in [5.74, 6) is -0.708. The van der Waals surface area contributed by atoms with Gasteiger partial charge in [0, 0.05) is 15.8 Å². The Bertz CT molecular complexity index is 1420. The Hall–Kier alpha value is -3.23. The molecule has 6 nitrogen and oxygen atoms in total. The maximum atomic E-state index is 13.4. The lowest BCUT2D eigenvalue weighted by Gasteiger charge is -2.08. The number of rotatable bonds is 5. The number of hydrogen-bond donors (Lipinski definition) is 2. The third-order valence-electron chi connectivity index (χ3n) is 6.28. The van der Waals surface area contributed by atoms with E-state index in [9.17, 15) is 9.59 Å². The second kappa shape index (κ2) is 9.79. The van der Waals surface area contributed by atoms with Crippen LogP contribution in [0, 0.1) is 6.92 Å². The van der Waals surface area contributed by atoms with E-state index >= 15 is 0 Å². The summed E-state index contributed by atoms with van der Waals surface area (Å²) in [7, 11) is 0. The Kier molecular flexibility index (Phi) is 6.58. The number of nitrogens with two attached hydrogens (primary N) is 1. The van der Waals surface area contributed by atoms with Gasteiger partial charge in [0.2, 0.25) is 0 Å². The van der Waals surface area contributed by atoms with Gasteiger partial charge < -0.3 is 15.8 Å². The van der Waals surface area contributed by atoms with E-state index in [0.717, 1.165) is 59.2 Å². The van der Waals surface area contributed by atoms with E-state index in [0.29, 0.717) is 26.0 Å². The predicted molar refractivity (Wildman–Crippen MR) is 144 cm³/mol. The summed E-state index contributed by atoms with van der Waals surface area (Å²) >= 11 is 2.75. The molecule has 1 aliphatic carbocycles. The molecule has 0 atom stereocenters. The zero-order valence-corrected chi connectivity index (χ0v) is 21.4. The molecule has 0 fully saturated rings. The van der Waals surface area contributed by atoms with Crippen molar-refractivity contribution >= 4 is 55.5 Å². The van der Waals surface area contributed by atoms with Crippen LogP contribution < -0.4 is 11.1 Å². The van der Waals surface area contributed by atoms with Crippen molar-refractivity contribution in [2.75, 3.05) is 17.7 Å². The average Bonchev–Trinajstić information content (AvgIpc) is 3.26. The highest BCUT2D eigenvalue weighted by Gasteiger charge is 2.28. The molecule has 0 saturated carbocycles. The Morgan fingerprint density at radius 1 is 1.06 bits per heavy atom. The SMILES string of the molecule is CCOC(=O)c1c(NC(=O)c2sc3nc(-c4ccc(C)cc4)ccc3c2N)sc2c1CCCCC2. The van der Waals surface area contributed by atoms with Gasteiger partial charge in [-0.1, -0.05) is 36.2 Å². The normalized spacial score (nSPS) is 13.3. The van der Waals surface area contributed by atoms with Crippen LogP contribution in [-0.4, -0.2) is 23.5 Å². The van der Waals surface area contributed by atoms with Crippen molar-refractivity contribution in [1.82, 2.24) is 4.98 Å². The molecule has 3 aromatic heterocycles. The molecule has 0 spiro atoms. The summed E-state index contributed by atoms with van der Waals surface area (Å²) in [6, 6.07) is 12.0. The van der Waals surface area contributed by atoms with Gasteiger partial charge in [0.25, 0.3) is 5.91 Å². The van der Waals surface area contributed by atoms with Gasteiger partial charge >= 0.3 is 5.97 Å². The molecule has 1 amide bonds. The molecule has 0 radical (unpaired) electrons. The molecule has 0 aliphatic heterocycles. The van der Waals surface area contributed by atoms with Crippen molar-refractivity contribution in [3.8, 4) is 11.3 Å². The van der Waals surface area contributed by atoms with Crippen LogP contribution in [0.25, 0.3) is 21.5 Å². The monoisotopic (exact) mass is 505 g/mol. The van der Waals surface area contributed by atoms with Gasteiger partial charge in [0.1, 0.15) is 14.7 Å². The van der Waals surface area contributed by atoms with Gasteiger partial charge in [-0.3, -0.25) is 4.79 Å². The van der Waals surface area contributed by atoms with Crippen LogP contribution in [0.15, 0.2) is 36.4 Å². The number of nitrogen functional groups attached to an aromatic ring is 1. The van der Waals surface area contributed by atoms with Crippen molar-refractivity contribution in [1.29, 1.82) is 0 Å². The molecule has 0 bridgehead atoms. The van der Waals surface area contributed by atoms with Crippen LogP contribution in [0.2, 0.25) is 0 Å². The number of esters is 1. The summed E-state index contributed by atoms with van der Waals surface area (Å²) in [6.45, 7) is 4.12. The molecule has 3 heterocycles. The quantitative estimate of drug-likeness (QED) is 0.235. The van der Waals surface area contributed by atoms with E-state index in [1.165, 1.54) is 28.2 Å². The van der Waals surface area contributed by atoms with Crippen molar-refractivity contribution in [2.24, 2.45) is 0 Å². The van der Waals surface area contributed by atoms with Crippen molar-refractivity contribution in [2.45, 2.75) is 46.0 Å². The molecule has 3 N–H and O–H groups in total. The average molecular weight is 506 g/mol. The molecule has 1 aromatic carbocycles. The third kappa shape index (κ3) is 4.56. The van der Waals surface area contributed by atoms with E-state index in [-0.39, 0.29) is 18.5 Å². The van der Waals surface area contributed by atoms with Crippen LogP contribution in [0.4, 0.5) is 10.7 Å². The first kappa shape index (κ1) is 23.5. The molecule has 35 heavy (non-hydrogen) atoms.